The Balaban J connectivity index is -0.000000157. The van der Waals surface area contributed by atoms with Gasteiger partial charge in [-0.05, 0) is 54.4 Å². The largest absolute Gasteiger partial charge is 0.478 e. The molecule has 63 heavy (non-hydrogen) atoms. The average Bonchev–Trinajstić information content (AvgIpc) is 3.23. The minimum atomic E-state index is -0.935. The summed E-state index contributed by atoms with van der Waals surface area (Å²) >= 11 is 0. The molecule has 0 rings (SSSR count). The van der Waals surface area contributed by atoms with Crippen molar-refractivity contribution in [1.82, 2.24) is 10.6 Å². The molecular formula is C43H71N5O15. The van der Waals surface area contributed by atoms with E-state index in [1.54, 1.807) is 27.7 Å². The van der Waals surface area contributed by atoms with Crippen LogP contribution in [0.3, 0.4) is 0 Å². The van der Waals surface area contributed by atoms with Crippen LogP contribution in [0.1, 0.15) is 107 Å². The van der Waals surface area contributed by atoms with E-state index in [4.69, 9.17) is 9.84 Å². The molecule has 3 N–H and O–H groups in total. The standard InChI is InChI=1S/C11H23NO2.3C7H9NO3.C7H15NO2.C4H6O2/c1-3-5-6-7-8-9-10-12-11(13)14-4-2;3*1-6(2)7(10)11-4-3-8-5-9;1-3-5-6-8-7(9)10-4-2;1-3(2)4(5)6/h3-10H2,1-2H3,(H,12,13);3*1,3-4H2,2H3;3-6H2,1-2H3,(H,8,9);1H2,2H3,(H,5,6). The van der Waals surface area contributed by atoms with Crippen LogP contribution < -0.4 is 10.6 Å². The lowest BCUT2D eigenvalue weighted by Gasteiger charge is -2.04. The van der Waals surface area contributed by atoms with Gasteiger partial charge >= 0.3 is 36.1 Å². The molecule has 0 unspecified atom stereocenters. The molecule has 0 radical (unpaired) electrons. The first-order valence-electron chi connectivity index (χ1n) is 20.1. The molecule has 0 aromatic carbocycles. The Morgan fingerprint density at radius 3 is 1.02 bits per heavy atom. The van der Waals surface area contributed by atoms with Crippen molar-refractivity contribution in [2.75, 3.05) is 65.8 Å². The first-order chi connectivity index (χ1) is 29.8. The topological polar surface area (TPSA) is 281 Å². The lowest BCUT2D eigenvalue weighted by molar-refractivity contribution is -0.139. The van der Waals surface area contributed by atoms with Gasteiger partial charge in [0.05, 0.1) is 32.8 Å². The van der Waals surface area contributed by atoms with Crippen LogP contribution in [0.2, 0.25) is 0 Å². The highest BCUT2D eigenvalue weighted by Gasteiger charge is 2.03. The molecule has 0 saturated heterocycles. The van der Waals surface area contributed by atoms with Gasteiger partial charge < -0.3 is 39.4 Å². The fraction of sp³-hybridized carbons (Fsp3) is 0.605. The molecule has 20 heteroatoms. The van der Waals surface area contributed by atoms with E-state index in [-0.39, 0.29) is 57.2 Å². The number of hydrogen-bond donors (Lipinski definition) is 3. The van der Waals surface area contributed by atoms with Crippen LogP contribution in [0.15, 0.2) is 63.6 Å². The molecule has 0 aliphatic carbocycles. The lowest BCUT2D eigenvalue weighted by Crippen LogP contribution is -2.25. The van der Waals surface area contributed by atoms with Gasteiger partial charge in [-0.25, -0.2) is 58.1 Å². The SMILES string of the molecule is C=C(C)C(=O)O.C=C(C)C(=O)OCCN=C=O.C=C(C)C(=O)OCCN=C=O.C=C(C)C(=O)OCCN=C=O.CCCCCCCCNC(=O)OCC.CCCCNC(=O)OCC. The number of carbonyl (C=O) groups is 6. The zero-order valence-electron chi connectivity index (χ0n) is 38.6. The Morgan fingerprint density at radius 1 is 0.476 bits per heavy atom. The highest BCUT2D eigenvalue weighted by molar-refractivity contribution is 5.87. The van der Waals surface area contributed by atoms with Gasteiger partial charge in [-0.15, -0.1) is 0 Å². The Hall–Kier alpha value is -6.48. The molecular weight excluding hydrogens is 826 g/mol. The van der Waals surface area contributed by atoms with Crippen LogP contribution in [0, 0.1) is 0 Å². The summed E-state index contributed by atoms with van der Waals surface area (Å²) in [7, 11) is 0. The summed E-state index contributed by atoms with van der Waals surface area (Å²) in [5.41, 5.74) is 1.18. The summed E-state index contributed by atoms with van der Waals surface area (Å²) in [6.45, 7) is 30.4. The normalized spacial score (nSPS) is 8.57. The number of carboxylic acid groups (broad SMARTS) is 1. The van der Waals surface area contributed by atoms with Crippen molar-refractivity contribution in [3.8, 4) is 0 Å². The number of aliphatic carboxylic acids is 1. The minimum absolute atomic E-state index is 0.0981. The third kappa shape index (κ3) is 70.4. The van der Waals surface area contributed by atoms with Crippen molar-refractivity contribution in [3.05, 3.63) is 48.6 Å². The predicted octanol–water partition coefficient (Wildman–Crippen LogP) is 6.60. The van der Waals surface area contributed by atoms with Gasteiger partial charge in [0.1, 0.15) is 19.8 Å². The number of rotatable bonds is 25. The third-order valence-corrected chi connectivity index (χ3v) is 6.06. The van der Waals surface area contributed by atoms with E-state index in [0.717, 1.165) is 32.4 Å². The van der Waals surface area contributed by atoms with E-state index >= 15 is 0 Å². The number of esters is 3. The van der Waals surface area contributed by atoms with Crippen LogP contribution >= 0.6 is 0 Å². The van der Waals surface area contributed by atoms with Crippen molar-refractivity contribution < 1.29 is 71.9 Å². The van der Waals surface area contributed by atoms with Crippen LogP contribution in [0.4, 0.5) is 9.59 Å². The number of isocyanates is 3. The quantitative estimate of drug-likeness (QED) is 0.0217. The number of carboxylic acids is 1. The zero-order valence-corrected chi connectivity index (χ0v) is 38.6. The molecule has 20 nitrogen and oxygen atoms in total. The summed E-state index contributed by atoms with van der Waals surface area (Å²) in [4.78, 5) is 101. The molecule has 0 saturated carbocycles. The number of nitrogens with one attached hydrogen (secondary N) is 2. The lowest BCUT2D eigenvalue weighted by atomic mass is 10.1. The second-order valence-corrected chi connectivity index (χ2v) is 12.2. The zero-order chi connectivity index (χ0) is 49.7. The first kappa shape index (κ1) is 68.3. The molecule has 0 aliphatic rings. The molecule has 358 valence electrons. The van der Waals surface area contributed by atoms with E-state index in [1.807, 2.05) is 6.92 Å². The van der Waals surface area contributed by atoms with E-state index in [9.17, 15) is 43.2 Å². The maximum atomic E-state index is 10.8. The number of nitrogens with zero attached hydrogens (tertiary/aromatic N) is 3. The highest BCUT2D eigenvalue weighted by Crippen LogP contribution is 2.04. The van der Waals surface area contributed by atoms with Crippen LogP contribution in [0.25, 0.3) is 0 Å². The predicted molar refractivity (Wildman–Crippen MR) is 237 cm³/mol. The maximum absolute atomic E-state index is 10.8. The van der Waals surface area contributed by atoms with Gasteiger partial charge in [0, 0.05) is 35.4 Å². The van der Waals surface area contributed by atoms with E-state index in [1.165, 1.54) is 57.3 Å². The number of unbranched alkanes of at least 4 members (excludes halogenated alkanes) is 6. The van der Waals surface area contributed by atoms with Gasteiger partial charge in [0.25, 0.3) is 0 Å². The first-order valence-corrected chi connectivity index (χ1v) is 20.1. The Labute approximate surface area is 372 Å². The smallest absolute Gasteiger partial charge is 0.407 e. The number of amides is 2. The molecule has 0 bridgehead atoms. The molecule has 0 fully saturated rings. The van der Waals surface area contributed by atoms with Crippen molar-refractivity contribution in [2.45, 2.75) is 107 Å². The summed E-state index contributed by atoms with van der Waals surface area (Å²) < 4.78 is 23.2. The van der Waals surface area contributed by atoms with Gasteiger partial charge in [-0.1, -0.05) is 78.7 Å². The van der Waals surface area contributed by atoms with Crippen molar-refractivity contribution >= 4 is 54.3 Å². The second-order valence-electron chi connectivity index (χ2n) is 12.2. The average molecular weight is 898 g/mol. The summed E-state index contributed by atoms with van der Waals surface area (Å²) in [6, 6.07) is 0. The molecule has 0 spiro atoms. The number of ether oxygens (including phenoxy) is 5. The second kappa shape index (κ2) is 55.5. The van der Waals surface area contributed by atoms with Gasteiger partial charge in [-0.3, -0.25) is 0 Å². The Bertz CT molecular complexity index is 1360. The number of alkyl carbamates (subject to hydrolysis) is 2. The van der Waals surface area contributed by atoms with E-state index < -0.39 is 23.9 Å². The molecule has 0 heterocycles. The van der Waals surface area contributed by atoms with Crippen molar-refractivity contribution in [3.63, 3.8) is 0 Å². The molecule has 0 aromatic heterocycles. The monoisotopic (exact) mass is 897 g/mol. The maximum Gasteiger partial charge on any atom is 0.407 e. The summed E-state index contributed by atoms with van der Waals surface area (Å²) in [5, 5.41) is 13.2. The molecule has 0 aromatic rings. The molecule has 0 atom stereocenters. The van der Waals surface area contributed by atoms with Gasteiger partial charge in [-0.2, -0.15) is 0 Å². The summed E-state index contributed by atoms with van der Waals surface area (Å²) in [6.07, 6.45) is 13.0. The van der Waals surface area contributed by atoms with Crippen LogP contribution in [-0.2, 0) is 57.2 Å². The Morgan fingerprint density at radius 2 is 0.762 bits per heavy atom. The van der Waals surface area contributed by atoms with E-state index in [0.29, 0.717) is 29.9 Å². The Kier molecular flexibility index (Phi) is 60.2. The minimum Gasteiger partial charge on any atom is -0.478 e. The van der Waals surface area contributed by atoms with Gasteiger partial charge in [0.15, 0.2) is 0 Å². The number of carbonyl (C=O) groups excluding carboxylic acids is 8. The van der Waals surface area contributed by atoms with Gasteiger partial charge in [0.2, 0.25) is 18.2 Å². The molecule has 0 aliphatic heterocycles. The van der Waals surface area contributed by atoms with Crippen LogP contribution in [0.5, 0.6) is 0 Å². The third-order valence-electron chi connectivity index (χ3n) is 6.06. The van der Waals surface area contributed by atoms with E-state index in [2.05, 4.69) is 84.7 Å². The highest BCUT2D eigenvalue weighted by atomic mass is 16.6. The summed E-state index contributed by atoms with van der Waals surface area (Å²) in [5.74, 6) is -2.33. The number of hydrogen-bond acceptors (Lipinski definition) is 17. The molecule has 2 amide bonds. The fourth-order valence-electron chi connectivity index (χ4n) is 2.89. The van der Waals surface area contributed by atoms with Crippen LogP contribution in [-0.4, -0.2) is 125 Å². The fourth-order valence-corrected chi connectivity index (χ4v) is 2.89. The van der Waals surface area contributed by atoms with Crippen molar-refractivity contribution in [2.24, 2.45) is 15.0 Å². The van der Waals surface area contributed by atoms with Crippen molar-refractivity contribution in [1.29, 1.82) is 0 Å². The number of aliphatic imine (C=N–C) groups is 3.